The third kappa shape index (κ3) is 5.26. The van der Waals surface area contributed by atoms with E-state index < -0.39 is 9.84 Å². The third-order valence-electron chi connectivity index (χ3n) is 5.17. The van der Waals surface area contributed by atoms with Gasteiger partial charge in [0.2, 0.25) is 26.6 Å². The molecule has 34 heavy (non-hydrogen) atoms. The number of halogens is 1. The topological polar surface area (TPSA) is 90.7 Å². The number of anilines is 1. The molecule has 0 atom stereocenters. The Morgan fingerprint density at radius 3 is 2.06 bits per heavy atom. The predicted molar refractivity (Wildman–Crippen MR) is 133 cm³/mol. The lowest BCUT2D eigenvalue weighted by molar-refractivity contribution is 0.414. The van der Waals surface area contributed by atoms with Gasteiger partial charge < -0.3 is 19.2 Å². The van der Waals surface area contributed by atoms with Gasteiger partial charge in [-0.3, -0.25) is 0 Å². The average molecular weight is 543 g/mol. The summed E-state index contributed by atoms with van der Waals surface area (Å²) in [5, 5.41) is 2.96. The Hall–Kier alpha value is -3.30. The fourth-order valence-electron chi connectivity index (χ4n) is 3.29. The van der Waals surface area contributed by atoms with Crippen molar-refractivity contribution in [2.45, 2.75) is 16.3 Å². The van der Waals surface area contributed by atoms with Crippen LogP contribution in [0.4, 0.5) is 5.88 Å². The second-order valence-corrected chi connectivity index (χ2v) is 10.1. The molecule has 0 fully saturated rings. The van der Waals surface area contributed by atoms with Crippen molar-refractivity contribution in [1.82, 2.24) is 4.98 Å². The summed E-state index contributed by atoms with van der Waals surface area (Å²) in [6.45, 7) is 0.451. The highest BCUT2D eigenvalue weighted by molar-refractivity contribution is 9.10. The van der Waals surface area contributed by atoms with Crippen molar-refractivity contribution in [3.05, 3.63) is 82.8 Å². The van der Waals surface area contributed by atoms with Crippen LogP contribution < -0.4 is 14.8 Å². The van der Waals surface area contributed by atoms with E-state index in [0.29, 0.717) is 24.3 Å². The minimum absolute atomic E-state index is 0.0993. The summed E-state index contributed by atoms with van der Waals surface area (Å²) < 4.78 is 43.9. The van der Waals surface area contributed by atoms with Gasteiger partial charge >= 0.3 is 0 Å². The van der Waals surface area contributed by atoms with Gasteiger partial charge in [-0.2, -0.15) is 4.98 Å². The van der Waals surface area contributed by atoms with Crippen LogP contribution in [0.15, 0.2) is 91.6 Å². The number of ether oxygens (including phenoxy) is 2. The van der Waals surface area contributed by atoms with Crippen molar-refractivity contribution in [2.24, 2.45) is 0 Å². The fourth-order valence-corrected chi connectivity index (χ4v) is 4.84. The standard InChI is InChI=1S/C25H23BrN2O5S/c1-31-20-9-3-17(4-10-20)15-16-27-24-25(34(29,30)22-13-7-19(26)8-14-22)28-23(33-24)18-5-11-21(32-2)12-6-18/h3-14,27H,15-16H2,1-2H3. The Labute approximate surface area is 206 Å². The van der Waals surface area contributed by atoms with E-state index in [1.54, 1.807) is 50.6 Å². The molecular formula is C25H23BrN2O5S. The zero-order valence-corrected chi connectivity index (χ0v) is 21.0. The number of nitrogens with one attached hydrogen (secondary N) is 1. The molecule has 7 nitrogen and oxygen atoms in total. The van der Waals surface area contributed by atoms with E-state index in [-0.39, 0.29) is 21.7 Å². The Morgan fingerprint density at radius 1 is 0.882 bits per heavy atom. The van der Waals surface area contributed by atoms with Gasteiger partial charge in [-0.25, -0.2) is 8.42 Å². The number of hydrogen-bond acceptors (Lipinski definition) is 7. The first-order valence-corrected chi connectivity index (χ1v) is 12.7. The highest BCUT2D eigenvalue weighted by Gasteiger charge is 2.28. The highest BCUT2D eigenvalue weighted by Crippen LogP contribution is 2.33. The van der Waals surface area contributed by atoms with Crippen LogP contribution in [-0.2, 0) is 16.3 Å². The second kappa shape index (κ2) is 10.3. The minimum atomic E-state index is -3.92. The number of sulfone groups is 1. The van der Waals surface area contributed by atoms with Crippen LogP contribution in [0.5, 0.6) is 11.5 Å². The first kappa shape index (κ1) is 23.8. The van der Waals surface area contributed by atoms with E-state index in [2.05, 4.69) is 26.2 Å². The van der Waals surface area contributed by atoms with Crippen molar-refractivity contribution in [3.8, 4) is 23.0 Å². The lowest BCUT2D eigenvalue weighted by atomic mass is 10.1. The molecule has 1 heterocycles. The molecule has 0 aliphatic heterocycles. The Balaban J connectivity index is 1.64. The summed E-state index contributed by atoms with van der Waals surface area (Å²) in [6, 6.07) is 21.2. The number of nitrogens with zero attached hydrogens (tertiary/aromatic N) is 1. The van der Waals surface area contributed by atoms with Crippen LogP contribution in [0.25, 0.3) is 11.5 Å². The average Bonchev–Trinajstić information content (AvgIpc) is 3.30. The predicted octanol–water partition coefficient (Wildman–Crippen LogP) is 5.61. The number of rotatable bonds is 9. The highest BCUT2D eigenvalue weighted by atomic mass is 79.9. The molecule has 4 rings (SSSR count). The molecule has 176 valence electrons. The van der Waals surface area contributed by atoms with Crippen LogP contribution in [0.3, 0.4) is 0 Å². The first-order chi connectivity index (χ1) is 16.4. The monoisotopic (exact) mass is 542 g/mol. The normalized spacial score (nSPS) is 11.3. The van der Waals surface area contributed by atoms with Crippen LogP contribution >= 0.6 is 15.9 Å². The molecule has 0 bridgehead atoms. The maximum atomic E-state index is 13.4. The van der Waals surface area contributed by atoms with E-state index in [9.17, 15) is 8.42 Å². The summed E-state index contributed by atoms with van der Waals surface area (Å²) in [6.07, 6.45) is 0.653. The van der Waals surface area contributed by atoms with Crippen molar-refractivity contribution in [2.75, 3.05) is 26.1 Å². The fraction of sp³-hybridized carbons (Fsp3) is 0.160. The molecule has 0 unspecified atom stereocenters. The maximum absolute atomic E-state index is 13.4. The summed E-state index contributed by atoms with van der Waals surface area (Å²) in [5.41, 5.74) is 1.71. The van der Waals surface area contributed by atoms with E-state index in [4.69, 9.17) is 13.9 Å². The molecule has 0 saturated carbocycles. The van der Waals surface area contributed by atoms with Crippen LogP contribution in [0.1, 0.15) is 5.56 Å². The lowest BCUT2D eigenvalue weighted by Gasteiger charge is -2.07. The molecule has 0 aliphatic carbocycles. The molecule has 0 spiro atoms. The SMILES string of the molecule is COc1ccc(CCNc2oc(-c3ccc(OC)cc3)nc2S(=O)(=O)c2ccc(Br)cc2)cc1. The Bertz CT molecular complexity index is 1350. The molecule has 0 aliphatic rings. The van der Waals surface area contributed by atoms with Gasteiger partial charge in [-0.05, 0) is 72.6 Å². The Kier molecular flexibility index (Phi) is 7.23. The molecule has 9 heteroatoms. The van der Waals surface area contributed by atoms with Crippen LogP contribution in [0, 0.1) is 0 Å². The number of hydrogen-bond donors (Lipinski definition) is 1. The van der Waals surface area contributed by atoms with E-state index >= 15 is 0 Å². The van der Waals surface area contributed by atoms with Gasteiger partial charge in [0.05, 0.1) is 19.1 Å². The van der Waals surface area contributed by atoms with Crippen LogP contribution in [0.2, 0.25) is 0 Å². The zero-order chi connectivity index (χ0) is 24.1. The lowest BCUT2D eigenvalue weighted by Crippen LogP contribution is -2.09. The van der Waals surface area contributed by atoms with Crippen molar-refractivity contribution in [3.63, 3.8) is 0 Å². The molecule has 3 aromatic carbocycles. The van der Waals surface area contributed by atoms with Crippen molar-refractivity contribution >= 4 is 31.7 Å². The first-order valence-electron chi connectivity index (χ1n) is 10.4. The van der Waals surface area contributed by atoms with E-state index in [1.807, 2.05) is 24.3 Å². The van der Waals surface area contributed by atoms with E-state index in [1.165, 1.54) is 12.1 Å². The van der Waals surface area contributed by atoms with Gasteiger partial charge in [0.15, 0.2) is 0 Å². The Morgan fingerprint density at radius 2 is 1.47 bits per heavy atom. The van der Waals surface area contributed by atoms with E-state index in [0.717, 1.165) is 15.8 Å². The van der Waals surface area contributed by atoms with Gasteiger partial charge in [0.25, 0.3) is 0 Å². The quantitative estimate of drug-likeness (QED) is 0.294. The minimum Gasteiger partial charge on any atom is -0.497 e. The second-order valence-electron chi connectivity index (χ2n) is 7.36. The van der Waals surface area contributed by atoms with Crippen LogP contribution in [-0.4, -0.2) is 34.2 Å². The molecule has 0 saturated heterocycles. The molecule has 0 radical (unpaired) electrons. The molecule has 0 amide bonds. The third-order valence-corrected chi connectivity index (χ3v) is 7.38. The molecule has 4 aromatic rings. The maximum Gasteiger partial charge on any atom is 0.233 e. The smallest absolute Gasteiger partial charge is 0.233 e. The summed E-state index contributed by atoms with van der Waals surface area (Å²) >= 11 is 3.34. The molecule has 1 aromatic heterocycles. The van der Waals surface area contributed by atoms with Crippen molar-refractivity contribution < 1.29 is 22.3 Å². The number of oxazole rings is 1. The summed E-state index contributed by atoms with van der Waals surface area (Å²) in [7, 11) is -0.723. The zero-order valence-electron chi connectivity index (χ0n) is 18.6. The largest absolute Gasteiger partial charge is 0.497 e. The molecular weight excluding hydrogens is 520 g/mol. The number of aromatic nitrogens is 1. The number of benzene rings is 3. The van der Waals surface area contributed by atoms with Crippen molar-refractivity contribution in [1.29, 1.82) is 0 Å². The van der Waals surface area contributed by atoms with Gasteiger partial charge in [-0.15, -0.1) is 0 Å². The van der Waals surface area contributed by atoms with Gasteiger partial charge in [-0.1, -0.05) is 28.1 Å². The van der Waals surface area contributed by atoms with Gasteiger partial charge in [0, 0.05) is 16.6 Å². The molecule has 1 N–H and O–H groups in total. The summed E-state index contributed by atoms with van der Waals surface area (Å²) in [5.74, 6) is 1.75. The number of methoxy groups -OCH3 is 2. The summed E-state index contributed by atoms with van der Waals surface area (Å²) in [4.78, 5) is 4.50. The van der Waals surface area contributed by atoms with Gasteiger partial charge in [0.1, 0.15) is 11.5 Å².